The molecule has 2 rings (SSSR count). The predicted molar refractivity (Wildman–Crippen MR) is 61.6 cm³/mol. The van der Waals surface area contributed by atoms with E-state index in [2.05, 4.69) is 43.4 Å². The molecule has 1 heteroatoms. The van der Waals surface area contributed by atoms with Crippen molar-refractivity contribution < 1.29 is 0 Å². The normalized spacial score (nSPS) is 20.4. The Hall–Kier alpha value is -0.980. The van der Waals surface area contributed by atoms with Gasteiger partial charge in [-0.05, 0) is 36.8 Å². The third-order valence-electron chi connectivity index (χ3n) is 2.90. The van der Waals surface area contributed by atoms with Crippen molar-refractivity contribution in [1.29, 1.82) is 0 Å². The second-order valence-electron chi connectivity index (χ2n) is 4.67. The lowest BCUT2D eigenvalue weighted by Crippen LogP contribution is -2.26. The molecule has 1 nitrogen and oxygen atoms in total. The van der Waals surface area contributed by atoms with Crippen LogP contribution < -0.4 is 5.32 Å². The molecule has 0 radical (unpaired) electrons. The zero-order valence-electron chi connectivity index (χ0n) is 9.09. The number of fused-ring (bicyclic) bond motifs is 1. The molecular weight excluding hydrogens is 170 g/mol. The van der Waals surface area contributed by atoms with Crippen molar-refractivity contribution in [2.24, 2.45) is 5.92 Å². The van der Waals surface area contributed by atoms with Crippen LogP contribution in [0.3, 0.4) is 0 Å². The van der Waals surface area contributed by atoms with E-state index in [0.29, 0.717) is 6.04 Å². The summed E-state index contributed by atoms with van der Waals surface area (Å²) in [5.41, 5.74) is 2.83. The van der Waals surface area contributed by atoms with Gasteiger partial charge < -0.3 is 5.32 Å². The van der Waals surface area contributed by atoms with Crippen LogP contribution in [0.25, 0.3) is 0 Å². The van der Waals surface area contributed by atoms with Gasteiger partial charge in [0.2, 0.25) is 0 Å². The van der Waals surface area contributed by atoms with Gasteiger partial charge in [-0.2, -0.15) is 0 Å². The highest BCUT2D eigenvalue weighted by Crippen LogP contribution is 2.26. The Morgan fingerprint density at radius 1 is 1.36 bits per heavy atom. The van der Waals surface area contributed by atoms with Gasteiger partial charge in [-0.25, -0.2) is 0 Å². The first-order valence-corrected chi connectivity index (χ1v) is 5.60. The van der Waals surface area contributed by atoms with Crippen LogP contribution in [-0.2, 0) is 6.42 Å². The molecule has 1 atom stereocenters. The Bertz CT molecular complexity index is 304. The summed E-state index contributed by atoms with van der Waals surface area (Å²) in [7, 11) is 0. The summed E-state index contributed by atoms with van der Waals surface area (Å²) in [5, 5.41) is 3.63. The third kappa shape index (κ3) is 2.09. The van der Waals surface area contributed by atoms with Crippen molar-refractivity contribution in [3.05, 3.63) is 29.8 Å². The third-order valence-corrected chi connectivity index (χ3v) is 2.90. The van der Waals surface area contributed by atoms with Crippen molar-refractivity contribution in [3.63, 3.8) is 0 Å². The second kappa shape index (κ2) is 4.04. The molecule has 1 aromatic carbocycles. The van der Waals surface area contributed by atoms with Crippen LogP contribution in [0, 0.1) is 5.92 Å². The van der Waals surface area contributed by atoms with Crippen molar-refractivity contribution in [3.8, 4) is 0 Å². The first kappa shape index (κ1) is 9.57. The maximum atomic E-state index is 3.63. The van der Waals surface area contributed by atoms with Gasteiger partial charge in [-0.1, -0.05) is 32.0 Å². The molecule has 14 heavy (non-hydrogen) atoms. The Morgan fingerprint density at radius 3 is 2.93 bits per heavy atom. The van der Waals surface area contributed by atoms with Crippen LogP contribution in [0.15, 0.2) is 24.3 Å². The first-order chi connectivity index (χ1) is 6.75. The Kier molecular flexibility index (Phi) is 2.76. The first-order valence-electron chi connectivity index (χ1n) is 5.60. The predicted octanol–water partition coefficient (Wildman–Crippen LogP) is 3.46. The van der Waals surface area contributed by atoms with Gasteiger partial charge in [0, 0.05) is 11.7 Å². The minimum Gasteiger partial charge on any atom is -0.382 e. The van der Waals surface area contributed by atoms with Crippen LogP contribution in [0.5, 0.6) is 0 Å². The Morgan fingerprint density at radius 2 is 2.14 bits per heavy atom. The molecule has 0 spiro atoms. The summed E-state index contributed by atoms with van der Waals surface area (Å²) in [6, 6.07) is 9.35. The van der Waals surface area contributed by atoms with E-state index in [0.717, 1.165) is 5.92 Å². The zero-order chi connectivity index (χ0) is 9.97. The zero-order valence-corrected chi connectivity index (χ0v) is 9.09. The van der Waals surface area contributed by atoms with Gasteiger partial charge in [0.15, 0.2) is 0 Å². The number of benzene rings is 1. The van der Waals surface area contributed by atoms with E-state index >= 15 is 0 Å². The van der Waals surface area contributed by atoms with Crippen molar-refractivity contribution >= 4 is 5.69 Å². The Labute approximate surface area is 86.5 Å². The highest BCUT2D eigenvalue weighted by atomic mass is 14.9. The van der Waals surface area contributed by atoms with E-state index in [1.54, 1.807) is 0 Å². The minimum atomic E-state index is 0.685. The summed E-state index contributed by atoms with van der Waals surface area (Å²) in [5.74, 6) is 0.790. The molecule has 1 aliphatic rings. The molecule has 1 aromatic rings. The number of rotatable bonds is 2. The van der Waals surface area contributed by atoms with Crippen LogP contribution in [0.1, 0.15) is 32.3 Å². The van der Waals surface area contributed by atoms with Crippen LogP contribution in [-0.4, -0.2) is 6.04 Å². The largest absolute Gasteiger partial charge is 0.382 e. The average molecular weight is 189 g/mol. The van der Waals surface area contributed by atoms with Crippen LogP contribution >= 0.6 is 0 Å². The van der Waals surface area contributed by atoms with E-state index in [9.17, 15) is 0 Å². The van der Waals surface area contributed by atoms with Gasteiger partial charge in [-0.3, -0.25) is 0 Å². The molecule has 0 bridgehead atoms. The summed E-state index contributed by atoms with van der Waals surface area (Å²) < 4.78 is 0. The lowest BCUT2D eigenvalue weighted by molar-refractivity contribution is 0.487. The molecule has 0 aliphatic carbocycles. The monoisotopic (exact) mass is 189 g/mol. The number of hydrogen-bond donors (Lipinski definition) is 1. The fraction of sp³-hybridized carbons (Fsp3) is 0.538. The fourth-order valence-corrected chi connectivity index (χ4v) is 2.25. The second-order valence-corrected chi connectivity index (χ2v) is 4.67. The molecule has 76 valence electrons. The van der Waals surface area contributed by atoms with E-state index in [4.69, 9.17) is 0 Å². The van der Waals surface area contributed by atoms with E-state index < -0.39 is 0 Å². The topological polar surface area (TPSA) is 12.0 Å². The maximum Gasteiger partial charge on any atom is 0.0374 e. The minimum absolute atomic E-state index is 0.685. The SMILES string of the molecule is CC(C)C[C@@H]1CCc2ccccc2N1. The summed E-state index contributed by atoms with van der Waals surface area (Å²) >= 11 is 0. The number of aryl methyl sites for hydroxylation is 1. The standard InChI is InChI=1S/C13H19N/c1-10(2)9-12-8-7-11-5-3-4-6-13(11)14-12/h3-6,10,12,14H,7-9H2,1-2H3/t12-/m0/s1. The lowest BCUT2D eigenvalue weighted by Gasteiger charge is -2.28. The number of anilines is 1. The molecule has 0 amide bonds. The smallest absolute Gasteiger partial charge is 0.0374 e. The maximum absolute atomic E-state index is 3.63. The molecule has 1 N–H and O–H groups in total. The number of para-hydroxylation sites is 1. The number of nitrogens with one attached hydrogen (secondary N) is 1. The molecule has 0 saturated heterocycles. The summed E-state index contributed by atoms with van der Waals surface area (Å²) in [6.07, 6.45) is 3.81. The highest BCUT2D eigenvalue weighted by molar-refractivity contribution is 5.53. The molecule has 0 fully saturated rings. The van der Waals surface area contributed by atoms with E-state index in [-0.39, 0.29) is 0 Å². The van der Waals surface area contributed by atoms with Gasteiger partial charge >= 0.3 is 0 Å². The molecule has 0 unspecified atom stereocenters. The quantitative estimate of drug-likeness (QED) is 0.751. The van der Waals surface area contributed by atoms with E-state index in [1.807, 2.05) is 0 Å². The van der Waals surface area contributed by atoms with Crippen molar-refractivity contribution in [2.75, 3.05) is 5.32 Å². The molecule has 0 saturated carbocycles. The summed E-state index contributed by atoms with van der Waals surface area (Å²) in [6.45, 7) is 4.59. The highest BCUT2D eigenvalue weighted by Gasteiger charge is 2.17. The fourth-order valence-electron chi connectivity index (χ4n) is 2.25. The summed E-state index contributed by atoms with van der Waals surface area (Å²) in [4.78, 5) is 0. The van der Waals surface area contributed by atoms with Crippen LogP contribution in [0.2, 0.25) is 0 Å². The average Bonchev–Trinajstić information content (AvgIpc) is 2.17. The van der Waals surface area contributed by atoms with E-state index in [1.165, 1.54) is 30.5 Å². The lowest BCUT2D eigenvalue weighted by atomic mass is 9.93. The molecular formula is C13H19N. The van der Waals surface area contributed by atoms with Crippen LogP contribution in [0.4, 0.5) is 5.69 Å². The van der Waals surface area contributed by atoms with Crippen molar-refractivity contribution in [2.45, 2.75) is 39.2 Å². The van der Waals surface area contributed by atoms with Gasteiger partial charge in [0.1, 0.15) is 0 Å². The Balaban J connectivity index is 2.06. The van der Waals surface area contributed by atoms with Crippen molar-refractivity contribution in [1.82, 2.24) is 0 Å². The molecule has 1 aliphatic heterocycles. The molecule has 0 aromatic heterocycles. The van der Waals surface area contributed by atoms with Gasteiger partial charge in [0.25, 0.3) is 0 Å². The van der Waals surface area contributed by atoms with Gasteiger partial charge in [-0.15, -0.1) is 0 Å². The van der Waals surface area contributed by atoms with Gasteiger partial charge in [0.05, 0.1) is 0 Å². The number of hydrogen-bond acceptors (Lipinski definition) is 1. The molecule has 1 heterocycles.